The summed E-state index contributed by atoms with van der Waals surface area (Å²) in [5.41, 5.74) is 2.73. The number of hydrogen-bond acceptors (Lipinski definition) is 3. The van der Waals surface area contributed by atoms with Crippen LogP contribution >= 0.6 is 0 Å². The van der Waals surface area contributed by atoms with Gasteiger partial charge in [0.1, 0.15) is 0 Å². The second-order valence-corrected chi connectivity index (χ2v) is 7.24. The summed E-state index contributed by atoms with van der Waals surface area (Å²) in [6.07, 6.45) is 2.12. The zero-order valence-electron chi connectivity index (χ0n) is 13.8. The molecule has 110 valence electrons. The largest absolute Gasteiger partial charge is 0.311 e. The van der Waals surface area contributed by atoms with Crippen molar-refractivity contribution < 1.29 is 0 Å². The fourth-order valence-corrected chi connectivity index (χ4v) is 1.96. The fourth-order valence-electron chi connectivity index (χ4n) is 1.96. The van der Waals surface area contributed by atoms with E-state index in [4.69, 9.17) is 0 Å². The molecule has 1 aromatic heterocycles. The number of likely N-dealkylation sites (N-methyl/N-ethyl adjacent to an activating group) is 1. The molecule has 4 nitrogen and oxygen atoms in total. The topological polar surface area (TPSA) is 33.1 Å². The van der Waals surface area contributed by atoms with Gasteiger partial charge in [0, 0.05) is 42.9 Å². The smallest absolute Gasteiger partial charge is 0.0722 e. The molecule has 0 aromatic carbocycles. The molecular formula is C15H30N4. The molecule has 4 heteroatoms. The molecule has 1 heterocycles. The highest BCUT2D eigenvalue weighted by atomic mass is 15.3. The molecule has 0 aliphatic rings. The van der Waals surface area contributed by atoms with Crippen molar-refractivity contribution in [2.24, 2.45) is 7.05 Å². The SMILES string of the molecule is CN(C)C(C)(C)CNCc1cn(C)nc1C(C)(C)C. The minimum absolute atomic E-state index is 0.0926. The average molecular weight is 266 g/mol. The van der Waals surface area contributed by atoms with Crippen molar-refractivity contribution in [3.8, 4) is 0 Å². The molecular weight excluding hydrogens is 236 g/mol. The third-order valence-electron chi connectivity index (χ3n) is 3.70. The van der Waals surface area contributed by atoms with E-state index in [9.17, 15) is 0 Å². The van der Waals surface area contributed by atoms with E-state index < -0.39 is 0 Å². The Labute approximate surface area is 118 Å². The Balaban J connectivity index is 2.69. The first-order valence-electron chi connectivity index (χ1n) is 6.95. The van der Waals surface area contributed by atoms with Crippen molar-refractivity contribution in [2.75, 3.05) is 20.6 Å². The van der Waals surface area contributed by atoms with Gasteiger partial charge < -0.3 is 10.2 Å². The third kappa shape index (κ3) is 4.32. The van der Waals surface area contributed by atoms with E-state index in [1.165, 1.54) is 11.3 Å². The molecule has 1 aromatic rings. The van der Waals surface area contributed by atoms with Gasteiger partial charge in [-0.25, -0.2) is 0 Å². The molecule has 1 rings (SSSR count). The molecule has 0 aliphatic heterocycles. The first-order valence-corrected chi connectivity index (χ1v) is 6.95. The van der Waals surface area contributed by atoms with E-state index in [0.717, 1.165) is 13.1 Å². The highest BCUT2D eigenvalue weighted by Gasteiger charge is 2.23. The second kappa shape index (κ2) is 5.63. The van der Waals surface area contributed by atoms with Gasteiger partial charge in [-0.3, -0.25) is 4.68 Å². The van der Waals surface area contributed by atoms with E-state index in [1.54, 1.807) is 0 Å². The second-order valence-electron chi connectivity index (χ2n) is 7.24. The van der Waals surface area contributed by atoms with Crippen molar-refractivity contribution in [1.82, 2.24) is 20.0 Å². The van der Waals surface area contributed by atoms with E-state index >= 15 is 0 Å². The Morgan fingerprint density at radius 3 is 2.26 bits per heavy atom. The van der Waals surface area contributed by atoms with E-state index in [2.05, 4.69) is 70.2 Å². The van der Waals surface area contributed by atoms with Gasteiger partial charge in [-0.2, -0.15) is 5.10 Å². The zero-order chi connectivity index (χ0) is 14.8. The molecule has 0 atom stereocenters. The maximum Gasteiger partial charge on any atom is 0.0722 e. The summed E-state index contributed by atoms with van der Waals surface area (Å²) in [6, 6.07) is 0. The summed E-state index contributed by atoms with van der Waals surface area (Å²) in [5, 5.41) is 8.15. The van der Waals surface area contributed by atoms with Crippen LogP contribution in [0.25, 0.3) is 0 Å². The Kier molecular flexibility index (Phi) is 4.80. The minimum atomic E-state index is 0.0926. The third-order valence-corrected chi connectivity index (χ3v) is 3.70. The van der Waals surface area contributed by atoms with Crippen LogP contribution in [0.2, 0.25) is 0 Å². The van der Waals surface area contributed by atoms with Gasteiger partial charge in [-0.05, 0) is 27.9 Å². The molecule has 0 fully saturated rings. The summed E-state index contributed by atoms with van der Waals surface area (Å²) >= 11 is 0. The molecule has 0 bridgehead atoms. The normalized spacial score (nSPS) is 13.3. The zero-order valence-corrected chi connectivity index (χ0v) is 13.8. The van der Waals surface area contributed by atoms with Crippen molar-refractivity contribution in [2.45, 2.75) is 52.1 Å². The summed E-state index contributed by atoms with van der Waals surface area (Å²) in [5.74, 6) is 0. The van der Waals surface area contributed by atoms with Gasteiger partial charge in [0.25, 0.3) is 0 Å². The quantitative estimate of drug-likeness (QED) is 0.886. The molecule has 0 radical (unpaired) electrons. The fraction of sp³-hybridized carbons (Fsp3) is 0.800. The lowest BCUT2D eigenvalue weighted by Crippen LogP contribution is -2.46. The molecule has 0 spiro atoms. The number of aryl methyl sites for hydroxylation is 1. The molecule has 19 heavy (non-hydrogen) atoms. The monoisotopic (exact) mass is 266 g/mol. The number of aromatic nitrogens is 2. The molecule has 0 aliphatic carbocycles. The number of rotatable bonds is 5. The van der Waals surface area contributed by atoms with Crippen molar-refractivity contribution >= 4 is 0 Å². The van der Waals surface area contributed by atoms with E-state index in [-0.39, 0.29) is 11.0 Å². The van der Waals surface area contributed by atoms with Crippen LogP contribution in [0.4, 0.5) is 0 Å². The Bertz CT molecular complexity index is 410. The van der Waals surface area contributed by atoms with Crippen LogP contribution in [0.15, 0.2) is 6.20 Å². The lowest BCUT2D eigenvalue weighted by atomic mass is 9.89. The number of nitrogens with one attached hydrogen (secondary N) is 1. The molecule has 0 unspecified atom stereocenters. The van der Waals surface area contributed by atoms with Gasteiger partial charge >= 0.3 is 0 Å². The maximum atomic E-state index is 4.60. The van der Waals surface area contributed by atoms with Gasteiger partial charge in [-0.15, -0.1) is 0 Å². The van der Waals surface area contributed by atoms with E-state index in [0.29, 0.717) is 0 Å². The Morgan fingerprint density at radius 2 is 1.79 bits per heavy atom. The Hall–Kier alpha value is -0.870. The van der Waals surface area contributed by atoms with Crippen molar-refractivity contribution in [1.29, 1.82) is 0 Å². The molecule has 0 amide bonds. The van der Waals surface area contributed by atoms with Crippen molar-refractivity contribution in [3.05, 3.63) is 17.5 Å². The van der Waals surface area contributed by atoms with Crippen LogP contribution < -0.4 is 5.32 Å². The summed E-state index contributed by atoms with van der Waals surface area (Å²) < 4.78 is 1.91. The molecule has 0 saturated heterocycles. The Morgan fingerprint density at radius 1 is 1.21 bits per heavy atom. The van der Waals surface area contributed by atoms with Gasteiger partial charge in [0.2, 0.25) is 0 Å². The summed E-state index contributed by atoms with van der Waals surface area (Å²) in [4.78, 5) is 2.24. The molecule has 1 N–H and O–H groups in total. The van der Waals surface area contributed by atoms with Crippen molar-refractivity contribution in [3.63, 3.8) is 0 Å². The van der Waals surface area contributed by atoms with Crippen LogP contribution in [0.1, 0.15) is 45.9 Å². The van der Waals surface area contributed by atoms with Crippen LogP contribution in [0.3, 0.4) is 0 Å². The number of nitrogens with zero attached hydrogens (tertiary/aromatic N) is 3. The van der Waals surface area contributed by atoms with Crippen LogP contribution in [-0.4, -0.2) is 40.9 Å². The lowest BCUT2D eigenvalue weighted by molar-refractivity contribution is 0.189. The molecule has 0 saturated carbocycles. The van der Waals surface area contributed by atoms with Crippen LogP contribution in [0, 0.1) is 0 Å². The predicted molar refractivity (Wildman–Crippen MR) is 81.4 cm³/mol. The van der Waals surface area contributed by atoms with Crippen LogP contribution in [-0.2, 0) is 19.0 Å². The highest BCUT2D eigenvalue weighted by molar-refractivity contribution is 5.23. The van der Waals surface area contributed by atoms with Gasteiger partial charge in [0.05, 0.1) is 5.69 Å². The van der Waals surface area contributed by atoms with Crippen LogP contribution in [0.5, 0.6) is 0 Å². The van der Waals surface area contributed by atoms with Gasteiger partial charge in [-0.1, -0.05) is 20.8 Å². The standard InChI is InChI=1S/C15H30N4/c1-14(2,3)13-12(10-19(8)17-13)9-16-11-15(4,5)18(6)7/h10,16H,9,11H2,1-8H3. The minimum Gasteiger partial charge on any atom is -0.311 e. The van der Waals surface area contributed by atoms with Gasteiger partial charge in [0.15, 0.2) is 0 Å². The first-order chi connectivity index (χ1) is 8.54. The lowest BCUT2D eigenvalue weighted by Gasteiger charge is -2.32. The average Bonchev–Trinajstić information content (AvgIpc) is 2.58. The summed E-state index contributed by atoms with van der Waals surface area (Å²) in [7, 11) is 6.22. The maximum absolute atomic E-state index is 4.60. The predicted octanol–water partition coefficient (Wildman–Crippen LogP) is 2.15. The van der Waals surface area contributed by atoms with E-state index in [1.807, 2.05) is 11.7 Å². The first kappa shape index (κ1) is 16.2. The highest BCUT2D eigenvalue weighted by Crippen LogP contribution is 2.24. The summed E-state index contributed by atoms with van der Waals surface area (Å²) in [6.45, 7) is 13.0. The number of hydrogen-bond donors (Lipinski definition) is 1.